The Morgan fingerprint density at radius 3 is 2.88 bits per heavy atom. The monoisotopic (exact) mass is 252 g/mol. The minimum atomic E-state index is 0.159. The van der Waals surface area contributed by atoms with E-state index in [2.05, 4.69) is 23.9 Å². The highest BCUT2D eigenvalue weighted by molar-refractivity contribution is 6.36. The molecule has 0 radical (unpaired) electrons. The molecule has 0 saturated heterocycles. The van der Waals surface area contributed by atoms with Crippen molar-refractivity contribution >= 4 is 29.4 Å². The third kappa shape index (κ3) is 1.98. The highest BCUT2D eigenvalue weighted by Crippen LogP contribution is 2.28. The molecule has 0 aliphatic carbocycles. The Hall–Kier alpha value is -1.62. The molecule has 90 valence electrons. The van der Waals surface area contributed by atoms with Crippen molar-refractivity contribution in [1.29, 1.82) is 0 Å². The van der Waals surface area contributed by atoms with Gasteiger partial charge in [-0.3, -0.25) is 4.79 Å². The van der Waals surface area contributed by atoms with Gasteiger partial charge < -0.3 is 5.73 Å². The molecule has 2 rings (SSSR count). The quantitative estimate of drug-likeness (QED) is 0.848. The Morgan fingerprint density at radius 1 is 1.59 bits per heavy atom. The van der Waals surface area contributed by atoms with Gasteiger partial charge in [0.05, 0.1) is 22.5 Å². The Kier molecular flexibility index (Phi) is 3.02. The molecule has 17 heavy (non-hydrogen) atoms. The lowest BCUT2D eigenvalue weighted by Gasteiger charge is -2.05. The molecule has 6 heteroatoms. The number of nitrogens with zero attached hydrogens (tertiary/aromatic N) is 3. The first-order valence-electron chi connectivity index (χ1n) is 5.31. The van der Waals surface area contributed by atoms with Crippen molar-refractivity contribution < 1.29 is 4.79 Å². The molecule has 0 saturated carbocycles. The van der Waals surface area contributed by atoms with Crippen LogP contribution in [0.3, 0.4) is 0 Å². The van der Waals surface area contributed by atoms with Crippen LogP contribution in [0, 0.1) is 5.92 Å². The fourth-order valence-electron chi connectivity index (χ4n) is 1.80. The molecule has 0 amide bonds. The van der Waals surface area contributed by atoms with Crippen LogP contribution in [-0.2, 0) is 6.42 Å². The van der Waals surface area contributed by atoms with Crippen molar-refractivity contribution in [1.82, 2.24) is 14.6 Å². The smallest absolute Gasteiger partial charge is 0.238 e. The van der Waals surface area contributed by atoms with Gasteiger partial charge in [-0.05, 0) is 12.3 Å². The van der Waals surface area contributed by atoms with Crippen LogP contribution in [0.15, 0.2) is 6.20 Å². The van der Waals surface area contributed by atoms with E-state index >= 15 is 0 Å². The van der Waals surface area contributed by atoms with E-state index in [1.54, 1.807) is 4.52 Å². The van der Waals surface area contributed by atoms with Crippen molar-refractivity contribution in [2.24, 2.45) is 5.92 Å². The van der Waals surface area contributed by atoms with Gasteiger partial charge in [0.25, 0.3) is 0 Å². The van der Waals surface area contributed by atoms with Gasteiger partial charge in [0.2, 0.25) is 5.95 Å². The predicted molar refractivity (Wildman–Crippen MR) is 66.3 cm³/mol. The Balaban J connectivity index is 2.76. The molecule has 0 unspecified atom stereocenters. The maximum absolute atomic E-state index is 11.1. The zero-order valence-corrected chi connectivity index (χ0v) is 10.4. The lowest BCUT2D eigenvalue weighted by Crippen LogP contribution is -2.06. The Bertz CT molecular complexity index is 576. The second-order valence-electron chi connectivity index (χ2n) is 4.30. The van der Waals surface area contributed by atoms with Crippen LogP contribution in [0.5, 0.6) is 0 Å². The van der Waals surface area contributed by atoms with Crippen LogP contribution >= 0.6 is 11.6 Å². The summed E-state index contributed by atoms with van der Waals surface area (Å²) in [6.07, 6.45) is 2.99. The van der Waals surface area contributed by atoms with E-state index in [0.717, 1.165) is 12.0 Å². The van der Waals surface area contributed by atoms with Gasteiger partial charge in [-0.15, -0.1) is 5.10 Å². The van der Waals surface area contributed by atoms with Crippen LogP contribution in [-0.4, -0.2) is 20.9 Å². The third-order valence-corrected chi connectivity index (χ3v) is 2.89. The number of aromatic nitrogens is 3. The van der Waals surface area contributed by atoms with Crippen LogP contribution in [0.1, 0.15) is 29.9 Å². The fourth-order valence-corrected chi connectivity index (χ4v) is 2.08. The van der Waals surface area contributed by atoms with E-state index in [9.17, 15) is 4.79 Å². The number of carbonyl (C=O) groups excluding carboxylic acids is 1. The second-order valence-corrected chi connectivity index (χ2v) is 4.68. The largest absolute Gasteiger partial charge is 0.367 e. The van der Waals surface area contributed by atoms with Gasteiger partial charge in [0, 0.05) is 0 Å². The van der Waals surface area contributed by atoms with E-state index in [1.807, 2.05) is 0 Å². The molecule has 5 nitrogen and oxygen atoms in total. The molecule has 0 aliphatic rings. The maximum atomic E-state index is 11.1. The number of nitrogen functional groups attached to an aromatic ring is 1. The first-order chi connectivity index (χ1) is 8.04. The topological polar surface area (TPSA) is 73.3 Å². The van der Waals surface area contributed by atoms with Crippen molar-refractivity contribution in [2.45, 2.75) is 20.3 Å². The fraction of sp³-hybridized carbons (Fsp3) is 0.364. The van der Waals surface area contributed by atoms with Crippen LogP contribution in [0.25, 0.3) is 5.52 Å². The van der Waals surface area contributed by atoms with Crippen LogP contribution in [0.4, 0.5) is 5.95 Å². The van der Waals surface area contributed by atoms with Crippen molar-refractivity contribution in [3.05, 3.63) is 22.5 Å². The minimum absolute atomic E-state index is 0.159. The first kappa shape index (κ1) is 11.9. The molecular formula is C11H13ClN4O. The normalized spacial score (nSPS) is 11.3. The highest BCUT2D eigenvalue weighted by atomic mass is 35.5. The average molecular weight is 253 g/mol. The van der Waals surface area contributed by atoms with E-state index in [1.165, 1.54) is 6.20 Å². The number of rotatable bonds is 3. The van der Waals surface area contributed by atoms with Crippen molar-refractivity contribution in [3.8, 4) is 0 Å². The van der Waals surface area contributed by atoms with E-state index in [-0.39, 0.29) is 5.95 Å². The summed E-state index contributed by atoms with van der Waals surface area (Å²) in [5.74, 6) is 0.547. The Labute approximate surface area is 104 Å². The van der Waals surface area contributed by atoms with E-state index in [4.69, 9.17) is 17.3 Å². The first-order valence-corrected chi connectivity index (χ1v) is 5.69. The number of halogens is 1. The third-order valence-electron chi connectivity index (χ3n) is 2.50. The molecule has 2 aromatic heterocycles. The number of anilines is 1. The van der Waals surface area contributed by atoms with E-state index < -0.39 is 0 Å². The number of hydrogen-bond donors (Lipinski definition) is 1. The minimum Gasteiger partial charge on any atom is -0.367 e. The van der Waals surface area contributed by atoms with E-state index in [0.29, 0.717) is 28.4 Å². The number of aldehydes is 1. The number of carbonyl (C=O) groups is 1. The summed E-state index contributed by atoms with van der Waals surface area (Å²) in [5.41, 5.74) is 7.41. The summed E-state index contributed by atoms with van der Waals surface area (Å²) >= 11 is 6.13. The number of nitrogens with two attached hydrogens (primary N) is 1. The van der Waals surface area contributed by atoms with Gasteiger partial charge in [0.15, 0.2) is 6.29 Å². The lowest BCUT2D eigenvalue weighted by molar-refractivity contribution is 0.112. The SMILES string of the molecule is CC(C)Cc1c(C=O)c(Cl)c2cnc(N)nn12. The summed E-state index contributed by atoms with van der Waals surface area (Å²) in [4.78, 5) is 15.0. The molecule has 2 aromatic rings. The van der Waals surface area contributed by atoms with Gasteiger partial charge in [-0.1, -0.05) is 25.4 Å². The summed E-state index contributed by atoms with van der Waals surface area (Å²) in [7, 11) is 0. The van der Waals surface area contributed by atoms with Gasteiger partial charge in [-0.2, -0.15) is 0 Å². The molecular weight excluding hydrogens is 240 g/mol. The molecule has 0 spiro atoms. The molecule has 0 aromatic carbocycles. The molecule has 0 aliphatic heterocycles. The molecule has 0 atom stereocenters. The molecule has 2 N–H and O–H groups in total. The maximum Gasteiger partial charge on any atom is 0.238 e. The standard InChI is InChI=1S/C11H13ClN4O/c1-6(2)3-8-7(5-17)10(12)9-4-14-11(13)15-16(8)9/h4-6H,3H2,1-2H3,(H2,13,15). The number of hydrogen-bond acceptors (Lipinski definition) is 4. The summed E-state index contributed by atoms with van der Waals surface area (Å²) in [6, 6.07) is 0. The Morgan fingerprint density at radius 2 is 2.29 bits per heavy atom. The average Bonchev–Trinajstić information content (AvgIpc) is 2.51. The molecule has 0 fully saturated rings. The summed E-state index contributed by atoms with van der Waals surface area (Å²) in [6.45, 7) is 4.12. The second kappa shape index (κ2) is 4.33. The summed E-state index contributed by atoms with van der Waals surface area (Å²) in [5, 5.41) is 4.48. The zero-order valence-electron chi connectivity index (χ0n) is 9.64. The van der Waals surface area contributed by atoms with Gasteiger partial charge >= 0.3 is 0 Å². The zero-order chi connectivity index (χ0) is 12.6. The van der Waals surface area contributed by atoms with Gasteiger partial charge in [0.1, 0.15) is 5.52 Å². The van der Waals surface area contributed by atoms with Crippen LogP contribution < -0.4 is 5.73 Å². The molecule has 2 heterocycles. The van der Waals surface area contributed by atoms with Crippen LogP contribution in [0.2, 0.25) is 5.02 Å². The molecule has 0 bridgehead atoms. The van der Waals surface area contributed by atoms with Crippen molar-refractivity contribution in [2.75, 3.05) is 5.73 Å². The number of fused-ring (bicyclic) bond motifs is 1. The van der Waals surface area contributed by atoms with Crippen molar-refractivity contribution in [3.63, 3.8) is 0 Å². The summed E-state index contributed by atoms with van der Waals surface area (Å²) < 4.78 is 1.61. The van der Waals surface area contributed by atoms with Gasteiger partial charge in [-0.25, -0.2) is 9.50 Å². The predicted octanol–water partition coefficient (Wildman–Crippen LogP) is 1.98. The lowest BCUT2D eigenvalue weighted by atomic mass is 10.1. The highest BCUT2D eigenvalue weighted by Gasteiger charge is 2.18.